The second-order valence-electron chi connectivity index (χ2n) is 8.28. The average molecular weight is 405 g/mol. The average Bonchev–Trinajstić information content (AvgIpc) is 3.41. The first-order chi connectivity index (χ1) is 14.7. The molecule has 7 nitrogen and oxygen atoms in total. The van der Waals surface area contributed by atoms with E-state index in [0.717, 1.165) is 43.3 Å². The summed E-state index contributed by atoms with van der Waals surface area (Å²) in [6, 6.07) is 19.0. The summed E-state index contributed by atoms with van der Waals surface area (Å²) in [6.45, 7) is 1.93. The van der Waals surface area contributed by atoms with E-state index < -0.39 is 0 Å². The minimum absolute atomic E-state index is 0.0740. The smallest absolute Gasteiger partial charge is 0.272 e. The number of rotatable bonds is 4. The van der Waals surface area contributed by atoms with Crippen LogP contribution in [0.15, 0.2) is 54.6 Å². The Labute approximate surface area is 176 Å². The van der Waals surface area contributed by atoms with Crippen LogP contribution in [0.2, 0.25) is 0 Å². The first kappa shape index (κ1) is 19.2. The van der Waals surface area contributed by atoms with Crippen LogP contribution >= 0.6 is 0 Å². The fourth-order valence-corrected chi connectivity index (χ4v) is 4.67. The van der Waals surface area contributed by atoms with Crippen LogP contribution in [-0.4, -0.2) is 45.9 Å². The quantitative estimate of drug-likeness (QED) is 0.622. The molecule has 156 valence electrons. The topological polar surface area (TPSA) is 74.2 Å². The van der Waals surface area contributed by atoms with Gasteiger partial charge in [0, 0.05) is 37.6 Å². The predicted octanol–water partition coefficient (Wildman–Crippen LogP) is 2.33. The van der Waals surface area contributed by atoms with Gasteiger partial charge < -0.3 is 5.32 Å². The third kappa shape index (κ3) is 3.71. The molecule has 2 aromatic carbocycles. The molecule has 2 saturated heterocycles. The zero-order valence-corrected chi connectivity index (χ0v) is 17.2. The van der Waals surface area contributed by atoms with Crippen molar-refractivity contribution in [3.05, 3.63) is 65.9 Å². The van der Waals surface area contributed by atoms with Gasteiger partial charge in [-0.05, 0) is 30.9 Å². The number of aryl methyl sites for hydroxylation is 1. The van der Waals surface area contributed by atoms with Crippen molar-refractivity contribution < 1.29 is 4.79 Å². The molecule has 2 aliphatic heterocycles. The van der Waals surface area contributed by atoms with E-state index in [1.807, 2.05) is 31.3 Å². The van der Waals surface area contributed by atoms with Crippen LogP contribution in [0.4, 0.5) is 0 Å². The van der Waals surface area contributed by atoms with E-state index in [4.69, 9.17) is 0 Å². The number of hydrogen-bond acceptors (Lipinski definition) is 5. The van der Waals surface area contributed by atoms with Crippen molar-refractivity contribution >= 4 is 16.8 Å². The lowest BCUT2D eigenvalue weighted by Gasteiger charge is -2.35. The second kappa shape index (κ2) is 8.18. The Bertz CT molecular complexity index is 1020. The van der Waals surface area contributed by atoms with Crippen LogP contribution in [0.3, 0.4) is 0 Å². The number of carbonyl (C=O) groups excluding carboxylic acids is 1. The summed E-state index contributed by atoms with van der Waals surface area (Å²) in [5, 5.41) is 8.56. The molecule has 3 N–H and O–H groups in total. The standard InChI is InChI=1S/C23H28N6O/c1-28-20-10-6-5-9-18(20)22(27-28)23(30)24-17-11-13-29(14-12-17)21-15-19(25-26-21)16-7-3-2-4-8-16/h2-10,17,19,21,25-26H,11-15H2,1H3,(H,24,30). The van der Waals surface area contributed by atoms with E-state index >= 15 is 0 Å². The molecule has 0 bridgehead atoms. The van der Waals surface area contributed by atoms with Gasteiger partial charge >= 0.3 is 0 Å². The van der Waals surface area contributed by atoms with Gasteiger partial charge in [0.05, 0.1) is 11.7 Å². The van der Waals surface area contributed by atoms with Gasteiger partial charge in [-0.25, -0.2) is 10.9 Å². The maximum Gasteiger partial charge on any atom is 0.272 e. The maximum atomic E-state index is 12.9. The summed E-state index contributed by atoms with van der Waals surface area (Å²) in [4.78, 5) is 15.3. The van der Waals surface area contributed by atoms with E-state index in [0.29, 0.717) is 17.9 Å². The maximum absolute atomic E-state index is 12.9. The Hall–Kier alpha value is -2.74. The minimum Gasteiger partial charge on any atom is -0.348 e. The number of hydrogen-bond donors (Lipinski definition) is 3. The van der Waals surface area contributed by atoms with E-state index in [1.54, 1.807) is 4.68 Å². The number of nitrogens with zero attached hydrogens (tertiary/aromatic N) is 3. The van der Waals surface area contributed by atoms with E-state index in [2.05, 4.69) is 56.5 Å². The number of benzene rings is 2. The molecule has 2 fully saturated rings. The molecule has 3 heterocycles. The van der Waals surface area contributed by atoms with Crippen molar-refractivity contribution in [2.45, 2.75) is 37.5 Å². The van der Waals surface area contributed by atoms with E-state index in [1.165, 1.54) is 5.56 Å². The highest BCUT2D eigenvalue weighted by Gasteiger charge is 2.32. The van der Waals surface area contributed by atoms with Gasteiger partial charge in [0.25, 0.3) is 5.91 Å². The number of aromatic nitrogens is 2. The lowest BCUT2D eigenvalue weighted by molar-refractivity contribution is 0.0876. The molecular weight excluding hydrogens is 376 g/mol. The van der Waals surface area contributed by atoms with Crippen molar-refractivity contribution in [2.24, 2.45) is 7.05 Å². The molecule has 0 radical (unpaired) electrons. The van der Waals surface area contributed by atoms with Crippen molar-refractivity contribution in [1.29, 1.82) is 0 Å². The third-order valence-corrected chi connectivity index (χ3v) is 6.36. The fourth-order valence-electron chi connectivity index (χ4n) is 4.67. The molecule has 2 unspecified atom stereocenters. The number of para-hydroxylation sites is 1. The number of nitrogens with one attached hydrogen (secondary N) is 3. The number of hydrazine groups is 1. The van der Waals surface area contributed by atoms with Crippen LogP contribution in [0.5, 0.6) is 0 Å². The Kier molecular flexibility index (Phi) is 5.25. The summed E-state index contributed by atoms with van der Waals surface area (Å²) in [5.74, 6) is -0.0740. The van der Waals surface area contributed by atoms with Gasteiger partial charge in [0.2, 0.25) is 0 Å². The Balaban J connectivity index is 1.16. The van der Waals surface area contributed by atoms with Gasteiger partial charge in [-0.2, -0.15) is 5.10 Å². The third-order valence-electron chi connectivity index (χ3n) is 6.36. The zero-order chi connectivity index (χ0) is 20.5. The van der Waals surface area contributed by atoms with Gasteiger partial charge in [-0.15, -0.1) is 0 Å². The molecule has 2 atom stereocenters. The van der Waals surface area contributed by atoms with Gasteiger partial charge in [0.1, 0.15) is 0 Å². The minimum atomic E-state index is -0.0740. The van der Waals surface area contributed by atoms with Crippen LogP contribution < -0.4 is 16.2 Å². The summed E-state index contributed by atoms with van der Waals surface area (Å²) in [7, 11) is 1.88. The molecule has 0 spiro atoms. The van der Waals surface area contributed by atoms with Gasteiger partial charge in [-0.3, -0.25) is 14.4 Å². The molecule has 0 saturated carbocycles. The number of likely N-dealkylation sites (tertiary alicyclic amines) is 1. The van der Waals surface area contributed by atoms with Gasteiger partial charge in [-0.1, -0.05) is 48.5 Å². The van der Waals surface area contributed by atoms with Crippen molar-refractivity contribution in [2.75, 3.05) is 13.1 Å². The number of fused-ring (bicyclic) bond motifs is 1. The van der Waals surface area contributed by atoms with Crippen molar-refractivity contribution in [3.63, 3.8) is 0 Å². The summed E-state index contributed by atoms with van der Waals surface area (Å²) in [6.07, 6.45) is 3.27. The Morgan fingerprint density at radius 2 is 1.77 bits per heavy atom. The molecule has 7 heteroatoms. The molecule has 1 amide bonds. The van der Waals surface area contributed by atoms with Crippen LogP contribution in [0, 0.1) is 0 Å². The number of carbonyl (C=O) groups is 1. The predicted molar refractivity (Wildman–Crippen MR) is 117 cm³/mol. The molecular formula is C23H28N6O. The molecule has 5 rings (SSSR count). The monoisotopic (exact) mass is 404 g/mol. The van der Waals surface area contributed by atoms with Crippen LogP contribution in [0.25, 0.3) is 10.9 Å². The van der Waals surface area contributed by atoms with Crippen molar-refractivity contribution in [3.8, 4) is 0 Å². The normalized spacial score (nSPS) is 23.1. The van der Waals surface area contributed by atoms with E-state index in [9.17, 15) is 4.79 Å². The molecule has 30 heavy (non-hydrogen) atoms. The molecule has 2 aliphatic rings. The highest BCUT2D eigenvalue weighted by Crippen LogP contribution is 2.25. The first-order valence-corrected chi connectivity index (χ1v) is 10.7. The lowest BCUT2D eigenvalue weighted by Crippen LogP contribution is -2.51. The lowest BCUT2D eigenvalue weighted by atomic mass is 10.0. The van der Waals surface area contributed by atoms with Crippen molar-refractivity contribution in [1.82, 2.24) is 30.8 Å². The highest BCUT2D eigenvalue weighted by atomic mass is 16.2. The zero-order valence-electron chi connectivity index (χ0n) is 17.2. The van der Waals surface area contributed by atoms with Crippen LogP contribution in [0.1, 0.15) is 41.4 Å². The molecule has 3 aromatic rings. The van der Waals surface area contributed by atoms with Gasteiger partial charge in [0.15, 0.2) is 5.69 Å². The Morgan fingerprint density at radius 3 is 2.57 bits per heavy atom. The molecule has 0 aliphatic carbocycles. The number of piperidine rings is 1. The Morgan fingerprint density at radius 1 is 1.03 bits per heavy atom. The molecule has 1 aromatic heterocycles. The number of amides is 1. The van der Waals surface area contributed by atoms with Crippen LogP contribution in [-0.2, 0) is 7.05 Å². The largest absolute Gasteiger partial charge is 0.348 e. The summed E-state index contributed by atoms with van der Waals surface area (Å²) < 4.78 is 1.77. The first-order valence-electron chi connectivity index (χ1n) is 10.7. The SMILES string of the molecule is Cn1nc(C(=O)NC2CCN(C3CC(c4ccccc4)NN3)CC2)c2ccccc21. The summed E-state index contributed by atoms with van der Waals surface area (Å²) in [5.41, 5.74) is 9.70. The fraction of sp³-hybridized carbons (Fsp3) is 0.391. The van der Waals surface area contributed by atoms with E-state index in [-0.39, 0.29) is 11.9 Å². The summed E-state index contributed by atoms with van der Waals surface area (Å²) >= 11 is 0. The highest BCUT2D eigenvalue weighted by molar-refractivity contribution is 6.04. The second-order valence-corrected chi connectivity index (χ2v) is 8.28.